The average Bonchev–Trinajstić information content (AvgIpc) is 2.58. The number of benzene rings is 1. The maximum Gasteiger partial charge on any atom is 0.272 e. The lowest BCUT2D eigenvalue weighted by atomic mass is 9.53. The Morgan fingerprint density at radius 2 is 1.96 bits per heavy atom. The van der Waals surface area contributed by atoms with Gasteiger partial charge in [0, 0.05) is 28.6 Å². The van der Waals surface area contributed by atoms with Gasteiger partial charge in [0.1, 0.15) is 0 Å². The van der Waals surface area contributed by atoms with Crippen LogP contribution in [0, 0.1) is 24.7 Å². The summed E-state index contributed by atoms with van der Waals surface area (Å²) in [6.45, 7) is 1.90. The molecule has 1 heterocycles. The lowest BCUT2D eigenvalue weighted by Crippen LogP contribution is -2.55. The Hall–Kier alpha value is -2.27. The number of hydrogen-bond donors (Lipinski definition) is 2. The molecule has 1 aromatic heterocycles. The zero-order valence-corrected chi connectivity index (χ0v) is 14.9. The molecule has 4 aliphatic rings. The zero-order valence-electron chi connectivity index (χ0n) is 14.9. The molecule has 2 N–H and O–H groups in total. The van der Waals surface area contributed by atoms with Crippen molar-refractivity contribution in [3.63, 3.8) is 0 Å². The predicted molar refractivity (Wildman–Crippen MR) is 99.9 cm³/mol. The summed E-state index contributed by atoms with van der Waals surface area (Å²) < 4.78 is 0. The van der Waals surface area contributed by atoms with E-state index in [1.54, 1.807) is 0 Å². The number of hydrogen-bond acceptors (Lipinski definition) is 4. The fourth-order valence-electron chi connectivity index (χ4n) is 5.58. The Balaban J connectivity index is 1.43. The molecular weight excluding hydrogens is 326 g/mol. The maximum atomic E-state index is 12.8. The van der Waals surface area contributed by atoms with Crippen LogP contribution in [-0.4, -0.2) is 27.3 Å². The molecule has 4 bridgehead atoms. The van der Waals surface area contributed by atoms with E-state index in [1.165, 1.54) is 0 Å². The fraction of sp³-hybridized carbons (Fsp3) is 0.476. The van der Waals surface area contributed by atoms with Crippen molar-refractivity contribution in [3.8, 4) is 0 Å². The van der Waals surface area contributed by atoms with E-state index in [0.29, 0.717) is 23.3 Å². The van der Waals surface area contributed by atoms with E-state index in [1.807, 2.05) is 37.3 Å². The summed E-state index contributed by atoms with van der Waals surface area (Å²) in [5.41, 5.74) is 5.65. The minimum absolute atomic E-state index is 0.188. The van der Waals surface area contributed by atoms with E-state index in [0.717, 1.165) is 54.4 Å². The molecule has 5 heteroatoms. The second-order valence-electron chi connectivity index (χ2n) is 8.37. The van der Waals surface area contributed by atoms with Crippen LogP contribution < -0.4 is 5.43 Å². The van der Waals surface area contributed by atoms with Crippen molar-refractivity contribution in [1.82, 2.24) is 10.4 Å². The van der Waals surface area contributed by atoms with Crippen molar-refractivity contribution in [2.75, 3.05) is 0 Å². The molecule has 0 aliphatic heterocycles. The van der Waals surface area contributed by atoms with Gasteiger partial charge in [-0.1, -0.05) is 18.2 Å². The third kappa shape index (κ3) is 2.53. The number of para-hydroxylation sites is 1. The first-order valence-electron chi connectivity index (χ1n) is 9.47. The lowest BCUT2D eigenvalue weighted by molar-refractivity contribution is -0.0825. The van der Waals surface area contributed by atoms with E-state index < -0.39 is 5.60 Å². The Kier molecular flexibility index (Phi) is 3.44. The van der Waals surface area contributed by atoms with Crippen molar-refractivity contribution in [1.29, 1.82) is 0 Å². The highest BCUT2D eigenvalue weighted by atomic mass is 16.3. The van der Waals surface area contributed by atoms with E-state index in [2.05, 4.69) is 15.5 Å². The molecule has 5 nitrogen and oxygen atoms in total. The summed E-state index contributed by atoms with van der Waals surface area (Å²) in [5, 5.41) is 16.1. The van der Waals surface area contributed by atoms with Gasteiger partial charge < -0.3 is 5.11 Å². The number of amides is 1. The van der Waals surface area contributed by atoms with E-state index in [-0.39, 0.29) is 5.91 Å². The number of pyridine rings is 1. The SMILES string of the molecule is Cc1cc(C(=O)NN=C2C3CC4CC2CC(O)(C4)C3)c2ccccc2n1. The normalized spacial score (nSPS) is 32.1. The molecule has 26 heavy (non-hydrogen) atoms. The second kappa shape index (κ2) is 5.61. The largest absolute Gasteiger partial charge is 0.390 e. The quantitative estimate of drug-likeness (QED) is 0.818. The molecule has 4 saturated carbocycles. The molecule has 0 spiro atoms. The van der Waals surface area contributed by atoms with Gasteiger partial charge in [-0.2, -0.15) is 5.10 Å². The summed E-state index contributed by atoms with van der Waals surface area (Å²) in [6, 6.07) is 9.50. The van der Waals surface area contributed by atoms with Gasteiger partial charge in [-0.3, -0.25) is 9.78 Å². The molecule has 2 aromatic rings. The highest BCUT2D eigenvalue weighted by Crippen LogP contribution is 2.54. The van der Waals surface area contributed by atoms with Crippen LogP contribution in [-0.2, 0) is 0 Å². The van der Waals surface area contributed by atoms with Gasteiger partial charge in [0.25, 0.3) is 5.91 Å². The van der Waals surface area contributed by atoms with Gasteiger partial charge in [-0.15, -0.1) is 0 Å². The first-order chi connectivity index (χ1) is 12.5. The second-order valence-corrected chi connectivity index (χ2v) is 8.37. The molecule has 134 valence electrons. The van der Waals surface area contributed by atoms with Crippen LogP contribution in [0.15, 0.2) is 35.4 Å². The summed E-state index contributed by atoms with van der Waals surface area (Å²) in [7, 11) is 0. The minimum Gasteiger partial charge on any atom is -0.390 e. The van der Waals surface area contributed by atoms with Crippen molar-refractivity contribution in [3.05, 3.63) is 41.6 Å². The number of nitrogens with zero attached hydrogens (tertiary/aromatic N) is 2. The predicted octanol–water partition coefficient (Wildman–Crippen LogP) is 3.20. The van der Waals surface area contributed by atoms with Gasteiger partial charge >= 0.3 is 0 Å². The van der Waals surface area contributed by atoms with Gasteiger partial charge in [-0.25, -0.2) is 5.43 Å². The molecule has 2 unspecified atom stereocenters. The molecule has 1 aromatic carbocycles. The number of aryl methyl sites for hydroxylation is 1. The molecule has 6 rings (SSSR count). The number of aliphatic hydroxyl groups is 1. The summed E-state index contributed by atoms with van der Waals surface area (Å²) in [6.07, 6.45) is 4.75. The number of carbonyl (C=O) groups excluding carboxylic acids is 1. The van der Waals surface area contributed by atoms with Gasteiger partial charge in [-0.05, 0) is 57.1 Å². The number of fused-ring (bicyclic) bond motifs is 1. The van der Waals surface area contributed by atoms with E-state index in [4.69, 9.17) is 0 Å². The Bertz CT molecular complexity index is 918. The topological polar surface area (TPSA) is 74.6 Å². The molecule has 2 atom stereocenters. The van der Waals surface area contributed by atoms with Gasteiger partial charge in [0.05, 0.1) is 16.7 Å². The van der Waals surface area contributed by atoms with E-state index in [9.17, 15) is 9.90 Å². The summed E-state index contributed by atoms with van der Waals surface area (Å²) >= 11 is 0. The van der Waals surface area contributed by atoms with Crippen molar-refractivity contribution < 1.29 is 9.90 Å². The van der Waals surface area contributed by atoms with E-state index >= 15 is 0 Å². The zero-order chi connectivity index (χ0) is 17.9. The average molecular weight is 349 g/mol. The van der Waals surface area contributed by atoms with Gasteiger partial charge in [0.15, 0.2) is 0 Å². The maximum absolute atomic E-state index is 12.8. The van der Waals surface area contributed by atoms with Crippen LogP contribution in [0.5, 0.6) is 0 Å². The van der Waals surface area contributed by atoms with Crippen molar-refractivity contribution >= 4 is 22.5 Å². The highest BCUT2D eigenvalue weighted by Gasteiger charge is 2.53. The fourth-order valence-corrected chi connectivity index (χ4v) is 5.58. The molecule has 0 radical (unpaired) electrons. The minimum atomic E-state index is -0.488. The van der Waals surface area contributed by atoms with Crippen LogP contribution >= 0.6 is 0 Å². The number of nitrogens with one attached hydrogen (secondary N) is 1. The molecule has 0 saturated heterocycles. The third-order valence-corrected chi connectivity index (χ3v) is 6.37. The Morgan fingerprint density at radius 1 is 1.23 bits per heavy atom. The molecule has 4 aliphatic carbocycles. The monoisotopic (exact) mass is 349 g/mol. The number of carbonyl (C=O) groups is 1. The summed E-state index contributed by atoms with van der Waals surface area (Å²) in [4.78, 5) is 17.3. The molecular formula is C21H23N3O2. The first kappa shape index (κ1) is 15.9. The van der Waals surface area contributed by atoms with Crippen molar-refractivity contribution in [2.24, 2.45) is 22.9 Å². The van der Waals surface area contributed by atoms with Crippen molar-refractivity contribution in [2.45, 2.75) is 44.6 Å². The third-order valence-electron chi connectivity index (χ3n) is 6.37. The Labute approximate surface area is 152 Å². The standard InChI is InChI=1S/C21H23N3O2/c1-12-6-17(16-4-2-3-5-18(16)22-12)20(25)24-23-19-14-7-13-8-15(19)11-21(26,9-13)10-14/h2-6,13-15,26H,7-11H2,1H3,(H,24,25). The van der Waals surface area contributed by atoms with Crippen LogP contribution in [0.3, 0.4) is 0 Å². The van der Waals surface area contributed by atoms with Crippen LogP contribution in [0.1, 0.15) is 48.2 Å². The highest BCUT2D eigenvalue weighted by molar-refractivity contribution is 6.06. The summed E-state index contributed by atoms with van der Waals surface area (Å²) in [5.74, 6) is 1.08. The van der Waals surface area contributed by atoms with Crippen LogP contribution in [0.4, 0.5) is 0 Å². The number of rotatable bonds is 2. The number of hydrazone groups is 1. The molecule has 1 amide bonds. The lowest BCUT2D eigenvalue weighted by Gasteiger charge is -2.54. The Morgan fingerprint density at radius 3 is 2.69 bits per heavy atom. The number of aromatic nitrogens is 1. The first-order valence-corrected chi connectivity index (χ1v) is 9.47. The molecule has 4 fully saturated rings. The smallest absolute Gasteiger partial charge is 0.272 e. The van der Waals surface area contributed by atoms with Gasteiger partial charge in [0.2, 0.25) is 0 Å². The van der Waals surface area contributed by atoms with Crippen LogP contribution in [0.2, 0.25) is 0 Å². The van der Waals surface area contributed by atoms with Crippen LogP contribution in [0.25, 0.3) is 10.9 Å².